The number of pyridine rings is 1. The first kappa shape index (κ1) is 18.8. The van der Waals surface area contributed by atoms with Crippen molar-refractivity contribution in [1.29, 1.82) is 0 Å². The highest BCUT2D eigenvalue weighted by molar-refractivity contribution is 5.93. The van der Waals surface area contributed by atoms with Gasteiger partial charge in [0.25, 0.3) is 5.91 Å². The van der Waals surface area contributed by atoms with E-state index in [9.17, 15) is 9.59 Å². The zero-order valence-corrected chi connectivity index (χ0v) is 15.7. The van der Waals surface area contributed by atoms with E-state index in [0.29, 0.717) is 18.0 Å². The molecule has 1 saturated carbocycles. The van der Waals surface area contributed by atoms with Crippen molar-refractivity contribution in [2.75, 3.05) is 26.2 Å². The second kappa shape index (κ2) is 8.62. The lowest BCUT2D eigenvalue weighted by Gasteiger charge is -2.32. The van der Waals surface area contributed by atoms with E-state index in [1.165, 1.54) is 12.8 Å². The first-order valence-corrected chi connectivity index (χ1v) is 9.66. The lowest BCUT2D eigenvalue weighted by molar-refractivity contribution is -0.138. The molecule has 26 heavy (non-hydrogen) atoms. The van der Waals surface area contributed by atoms with E-state index in [-0.39, 0.29) is 30.4 Å². The van der Waals surface area contributed by atoms with Gasteiger partial charge in [0.1, 0.15) is 6.61 Å². The van der Waals surface area contributed by atoms with Crippen LogP contribution in [0.2, 0.25) is 0 Å². The molecule has 1 aliphatic carbocycles. The van der Waals surface area contributed by atoms with Crippen molar-refractivity contribution in [2.24, 2.45) is 5.92 Å². The van der Waals surface area contributed by atoms with Gasteiger partial charge in [0.15, 0.2) is 0 Å². The molecule has 2 amide bonds. The number of rotatable bonds is 7. The Kier molecular flexibility index (Phi) is 6.25. The van der Waals surface area contributed by atoms with E-state index < -0.39 is 0 Å². The zero-order chi connectivity index (χ0) is 18.5. The molecular formula is C20H29N3O3. The summed E-state index contributed by atoms with van der Waals surface area (Å²) in [5.74, 6) is 0.869. The summed E-state index contributed by atoms with van der Waals surface area (Å²) in [7, 11) is 0. The van der Waals surface area contributed by atoms with E-state index in [4.69, 9.17) is 4.74 Å². The Labute approximate surface area is 155 Å². The number of ether oxygens (including phenoxy) is 1. The van der Waals surface area contributed by atoms with Crippen molar-refractivity contribution in [3.8, 4) is 0 Å². The lowest BCUT2D eigenvalue weighted by Crippen LogP contribution is -2.41. The minimum atomic E-state index is -0.0535. The highest BCUT2D eigenvalue weighted by Gasteiger charge is 2.26. The molecule has 0 spiro atoms. The minimum absolute atomic E-state index is 0.0412. The number of nitrogens with zero attached hydrogens (tertiary/aromatic N) is 2. The fourth-order valence-corrected chi connectivity index (χ4v) is 3.22. The van der Waals surface area contributed by atoms with Crippen LogP contribution in [0, 0.1) is 5.92 Å². The molecule has 2 aliphatic rings. The van der Waals surface area contributed by atoms with Gasteiger partial charge in [0.2, 0.25) is 5.91 Å². The van der Waals surface area contributed by atoms with E-state index in [1.54, 1.807) is 6.20 Å². The molecule has 1 N–H and O–H groups in total. The fraction of sp³-hybridized carbons (Fsp3) is 0.650. The third-order valence-corrected chi connectivity index (χ3v) is 5.03. The monoisotopic (exact) mass is 359 g/mol. The predicted octanol–water partition coefficient (Wildman–Crippen LogP) is 2.35. The lowest BCUT2D eigenvalue weighted by atomic mass is 9.94. The molecular weight excluding hydrogens is 330 g/mol. The van der Waals surface area contributed by atoms with Gasteiger partial charge in [0, 0.05) is 37.4 Å². The quantitative estimate of drug-likeness (QED) is 0.811. The molecule has 0 radical (unpaired) electrons. The van der Waals surface area contributed by atoms with Crippen LogP contribution in [0.1, 0.15) is 61.5 Å². The first-order valence-electron chi connectivity index (χ1n) is 9.66. The first-order chi connectivity index (χ1) is 12.5. The summed E-state index contributed by atoms with van der Waals surface area (Å²) < 4.78 is 5.43. The van der Waals surface area contributed by atoms with Gasteiger partial charge < -0.3 is 15.0 Å². The van der Waals surface area contributed by atoms with Crippen LogP contribution in [-0.2, 0) is 9.53 Å². The number of carbonyl (C=O) groups is 2. The molecule has 1 aromatic heterocycles. The van der Waals surface area contributed by atoms with Gasteiger partial charge >= 0.3 is 0 Å². The average Bonchev–Trinajstić information content (AvgIpc) is 3.49. The highest BCUT2D eigenvalue weighted by atomic mass is 16.5. The summed E-state index contributed by atoms with van der Waals surface area (Å²) in [6, 6.07) is 3.77. The number of amides is 2. The number of nitrogens with one attached hydrogen (secondary N) is 1. The summed E-state index contributed by atoms with van der Waals surface area (Å²) >= 11 is 0. The maximum atomic E-state index is 12.3. The third kappa shape index (κ3) is 5.27. The van der Waals surface area contributed by atoms with Crippen molar-refractivity contribution >= 4 is 11.8 Å². The second-order valence-electron chi connectivity index (χ2n) is 7.66. The topological polar surface area (TPSA) is 71.5 Å². The van der Waals surface area contributed by atoms with Crippen LogP contribution in [0.15, 0.2) is 18.3 Å². The SMILES string of the molecule is CC(C)OCC(=O)N1CCC[C@@H](c2ccc(C(=O)NCC3CC3)cn2)C1. The number of aromatic nitrogens is 1. The molecule has 2 fully saturated rings. The number of hydrogen-bond donors (Lipinski definition) is 1. The Morgan fingerprint density at radius 1 is 1.31 bits per heavy atom. The van der Waals surface area contributed by atoms with Crippen LogP contribution in [0.4, 0.5) is 0 Å². The van der Waals surface area contributed by atoms with Crippen LogP contribution in [0.3, 0.4) is 0 Å². The Bertz CT molecular complexity index is 626. The molecule has 0 unspecified atom stereocenters. The van der Waals surface area contributed by atoms with Crippen LogP contribution in [0.25, 0.3) is 0 Å². The smallest absolute Gasteiger partial charge is 0.252 e. The second-order valence-corrected chi connectivity index (χ2v) is 7.66. The highest BCUT2D eigenvalue weighted by Crippen LogP contribution is 2.28. The predicted molar refractivity (Wildman–Crippen MR) is 98.9 cm³/mol. The Hall–Kier alpha value is -1.95. The number of hydrogen-bond acceptors (Lipinski definition) is 4. The number of likely N-dealkylation sites (tertiary alicyclic amines) is 1. The summed E-state index contributed by atoms with van der Waals surface area (Å²) in [5, 5.41) is 2.96. The third-order valence-electron chi connectivity index (χ3n) is 5.03. The molecule has 1 saturated heterocycles. The maximum absolute atomic E-state index is 12.3. The molecule has 6 nitrogen and oxygen atoms in total. The molecule has 1 aliphatic heterocycles. The molecule has 3 rings (SSSR count). The van der Waals surface area contributed by atoms with Crippen LogP contribution in [0.5, 0.6) is 0 Å². The van der Waals surface area contributed by atoms with Crippen molar-refractivity contribution in [1.82, 2.24) is 15.2 Å². The van der Waals surface area contributed by atoms with Crippen molar-refractivity contribution < 1.29 is 14.3 Å². The zero-order valence-electron chi connectivity index (χ0n) is 15.7. The van der Waals surface area contributed by atoms with Crippen LogP contribution >= 0.6 is 0 Å². The molecule has 0 bridgehead atoms. The summed E-state index contributed by atoms with van der Waals surface area (Å²) in [6.07, 6.45) is 6.12. The summed E-state index contributed by atoms with van der Waals surface area (Å²) in [4.78, 5) is 30.8. The summed E-state index contributed by atoms with van der Waals surface area (Å²) in [5.41, 5.74) is 1.55. The van der Waals surface area contributed by atoms with Crippen molar-refractivity contribution in [2.45, 2.75) is 51.6 Å². The summed E-state index contributed by atoms with van der Waals surface area (Å²) in [6.45, 7) is 6.20. The molecule has 2 heterocycles. The number of carbonyl (C=O) groups excluding carboxylic acids is 2. The Morgan fingerprint density at radius 3 is 2.77 bits per heavy atom. The van der Waals surface area contributed by atoms with Crippen molar-refractivity contribution in [3.05, 3.63) is 29.6 Å². The normalized spacial score (nSPS) is 20.3. The fourth-order valence-electron chi connectivity index (χ4n) is 3.22. The maximum Gasteiger partial charge on any atom is 0.252 e. The van der Waals surface area contributed by atoms with E-state index >= 15 is 0 Å². The average molecular weight is 359 g/mol. The Morgan fingerprint density at radius 2 is 2.12 bits per heavy atom. The van der Waals surface area contributed by atoms with E-state index in [1.807, 2.05) is 30.9 Å². The standard InChI is InChI=1S/C20H29N3O3/c1-14(2)26-13-19(24)23-9-3-4-17(12-23)18-8-7-16(11-21-18)20(25)22-10-15-5-6-15/h7-8,11,14-15,17H,3-6,9-10,12-13H2,1-2H3,(H,22,25)/t17-/m1/s1. The molecule has 1 aromatic rings. The van der Waals surface area contributed by atoms with Crippen LogP contribution < -0.4 is 5.32 Å². The van der Waals surface area contributed by atoms with E-state index in [0.717, 1.165) is 31.6 Å². The Balaban J connectivity index is 1.54. The van der Waals surface area contributed by atoms with Crippen LogP contribution in [-0.4, -0.2) is 54.0 Å². The molecule has 6 heteroatoms. The largest absolute Gasteiger partial charge is 0.369 e. The van der Waals surface area contributed by atoms with Crippen molar-refractivity contribution in [3.63, 3.8) is 0 Å². The molecule has 0 aromatic carbocycles. The molecule has 1 atom stereocenters. The van der Waals surface area contributed by atoms with Gasteiger partial charge in [-0.15, -0.1) is 0 Å². The van der Waals surface area contributed by atoms with Gasteiger partial charge in [-0.1, -0.05) is 0 Å². The van der Waals surface area contributed by atoms with E-state index in [2.05, 4.69) is 10.3 Å². The van der Waals surface area contributed by atoms with Gasteiger partial charge in [-0.2, -0.15) is 0 Å². The minimum Gasteiger partial charge on any atom is -0.369 e. The number of piperidine rings is 1. The van der Waals surface area contributed by atoms with Gasteiger partial charge in [0.05, 0.1) is 11.7 Å². The van der Waals surface area contributed by atoms with Gasteiger partial charge in [-0.25, -0.2) is 0 Å². The van der Waals surface area contributed by atoms with Gasteiger partial charge in [-0.3, -0.25) is 14.6 Å². The molecule has 142 valence electrons. The van der Waals surface area contributed by atoms with Gasteiger partial charge in [-0.05, 0) is 57.6 Å².